The Morgan fingerprint density at radius 2 is 1.83 bits per heavy atom. The minimum Gasteiger partial charge on any atom is -0.378 e. The molecule has 4 heterocycles. The molecule has 1 saturated heterocycles. The Hall–Kier alpha value is -4.67. The summed E-state index contributed by atoms with van der Waals surface area (Å²) in [5, 5.41) is 11.1. The molecule has 0 saturated carbocycles. The second kappa shape index (κ2) is 17.4. The quantitative estimate of drug-likeness (QED) is 0.162. The third kappa shape index (κ3) is 9.11. The van der Waals surface area contributed by atoms with Gasteiger partial charge < -0.3 is 46.9 Å². The molecule has 0 radical (unpaired) electrons. The van der Waals surface area contributed by atoms with Gasteiger partial charge in [0.25, 0.3) is 0 Å². The number of nitrogens with zero attached hydrogens (tertiary/aromatic N) is 3. The van der Waals surface area contributed by atoms with Crippen molar-refractivity contribution in [3.8, 4) is 0 Å². The summed E-state index contributed by atoms with van der Waals surface area (Å²) < 4.78 is 5.58. The molecule has 1 fully saturated rings. The van der Waals surface area contributed by atoms with E-state index < -0.39 is 41.8 Å². The average molecular weight is 762 g/mol. The number of rotatable bonds is 7. The minimum atomic E-state index is -1.15. The summed E-state index contributed by atoms with van der Waals surface area (Å²) in [7, 11) is 1.53. The van der Waals surface area contributed by atoms with Crippen LogP contribution in [0.4, 0.5) is 5.69 Å². The molecule has 2 aromatic carbocycles. The number of likely N-dealkylation sites (N-methyl/N-ethyl adjacent to an activating group) is 1. The number of para-hydroxylation sites is 1. The van der Waals surface area contributed by atoms with Crippen molar-refractivity contribution < 1.29 is 23.9 Å². The zero-order valence-electron chi connectivity index (χ0n) is 29.4. The topological polar surface area (TPSA) is 201 Å². The summed E-state index contributed by atoms with van der Waals surface area (Å²) in [6, 6.07) is 12.3. The van der Waals surface area contributed by atoms with Crippen molar-refractivity contribution in [1.29, 1.82) is 0 Å². The van der Waals surface area contributed by atoms with E-state index in [1.807, 2.05) is 48.7 Å². The van der Waals surface area contributed by atoms with E-state index in [1.54, 1.807) is 12.3 Å². The third-order valence-corrected chi connectivity index (χ3v) is 11.2. The molecule has 2 aliphatic heterocycles. The van der Waals surface area contributed by atoms with Crippen LogP contribution in [-0.2, 0) is 43.4 Å². The summed E-state index contributed by atoms with van der Waals surface area (Å²) in [6.45, 7) is 2.64. The van der Waals surface area contributed by atoms with Gasteiger partial charge in [0.2, 0.25) is 23.6 Å². The molecule has 4 aromatic rings. The Morgan fingerprint density at radius 1 is 1.04 bits per heavy atom. The molecular formula is C37H44ClN9O5S. The van der Waals surface area contributed by atoms with Gasteiger partial charge in [-0.2, -0.15) is 0 Å². The lowest BCUT2D eigenvalue weighted by Gasteiger charge is -2.31. The number of carbonyl (C=O) groups excluding carboxylic acids is 4. The number of hydrogen-bond acceptors (Lipinski definition) is 10. The van der Waals surface area contributed by atoms with Gasteiger partial charge in [-0.3, -0.25) is 19.2 Å². The van der Waals surface area contributed by atoms with Crippen LogP contribution in [0.25, 0.3) is 10.9 Å². The van der Waals surface area contributed by atoms with E-state index in [1.165, 1.54) is 23.7 Å². The number of morpholine rings is 1. The van der Waals surface area contributed by atoms with Crippen LogP contribution in [0.5, 0.6) is 0 Å². The highest BCUT2D eigenvalue weighted by atomic mass is 35.5. The molecule has 6 rings (SSSR count). The van der Waals surface area contributed by atoms with Crippen LogP contribution in [0.3, 0.4) is 0 Å². The summed E-state index contributed by atoms with van der Waals surface area (Å²) in [6.07, 6.45) is 3.70. The molecule has 0 aliphatic carbocycles. The van der Waals surface area contributed by atoms with Gasteiger partial charge >= 0.3 is 0 Å². The van der Waals surface area contributed by atoms with Crippen LogP contribution in [-0.4, -0.2) is 96.5 Å². The van der Waals surface area contributed by atoms with Gasteiger partial charge in [0.05, 0.1) is 24.3 Å². The van der Waals surface area contributed by atoms with E-state index >= 15 is 0 Å². The minimum absolute atomic E-state index is 0.0673. The van der Waals surface area contributed by atoms with Crippen molar-refractivity contribution in [3.05, 3.63) is 82.6 Å². The first-order valence-electron chi connectivity index (χ1n) is 17.5. The lowest BCUT2D eigenvalue weighted by molar-refractivity contribution is -0.141. The van der Waals surface area contributed by atoms with Crippen molar-refractivity contribution >= 4 is 63.6 Å². The predicted molar refractivity (Wildman–Crippen MR) is 203 cm³/mol. The summed E-state index contributed by atoms with van der Waals surface area (Å²) >= 11 is 8.41. The van der Waals surface area contributed by atoms with Gasteiger partial charge in [-0.1, -0.05) is 47.6 Å². The van der Waals surface area contributed by atoms with Crippen molar-refractivity contribution in [2.45, 2.75) is 60.4 Å². The van der Waals surface area contributed by atoms with E-state index in [0.717, 1.165) is 33.3 Å². The van der Waals surface area contributed by atoms with E-state index in [4.69, 9.17) is 27.8 Å². The van der Waals surface area contributed by atoms with Crippen LogP contribution in [0, 0.1) is 0 Å². The van der Waals surface area contributed by atoms with Crippen LogP contribution < -0.4 is 32.3 Å². The monoisotopic (exact) mass is 761 g/mol. The second-order valence-electron chi connectivity index (χ2n) is 13.1. The number of ether oxygens (including phenoxy) is 1. The first-order valence-corrected chi connectivity index (χ1v) is 18.7. The molecule has 53 heavy (non-hydrogen) atoms. The molecule has 0 unspecified atom stereocenters. The van der Waals surface area contributed by atoms with Gasteiger partial charge in [0.1, 0.15) is 17.1 Å². The number of anilines is 1. The fraction of sp³-hybridized carbons (Fsp3) is 0.378. The predicted octanol–water partition coefficient (Wildman–Crippen LogP) is 2.07. The van der Waals surface area contributed by atoms with E-state index in [9.17, 15) is 19.2 Å². The number of aromatic nitrogens is 2. The first-order chi connectivity index (χ1) is 25.6. The van der Waals surface area contributed by atoms with Crippen molar-refractivity contribution in [1.82, 2.24) is 30.8 Å². The van der Waals surface area contributed by atoms with Crippen molar-refractivity contribution in [2.24, 2.45) is 11.5 Å². The van der Waals surface area contributed by atoms with Crippen LogP contribution >= 0.6 is 23.4 Å². The Kier molecular flexibility index (Phi) is 12.5. The van der Waals surface area contributed by atoms with Crippen LogP contribution in [0.1, 0.15) is 29.5 Å². The average Bonchev–Trinajstić information content (AvgIpc) is 3.58. The Bertz CT molecular complexity index is 1970. The highest BCUT2D eigenvalue weighted by Gasteiger charge is 2.34. The summed E-state index contributed by atoms with van der Waals surface area (Å²) in [5.41, 5.74) is 15.7. The molecule has 3 atom stereocenters. The molecular weight excluding hydrogens is 718 g/mol. The Balaban J connectivity index is 1.42. The first kappa shape index (κ1) is 38.1. The molecule has 8 N–H and O–H groups in total. The second-order valence-corrected chi connectivity index (χ2v) is 14.5. The number of aromatic amines is 1. The van der Waals surface area contributed by atoms with Crippen LogP contribution in [0.15, 0.2) is 70.8 Å². The van der Waals surface area contributed by atoms with Gasteiger partial charge in [-0.15, -0.1) is 0 Å². The number of halogens is 1. The summed E-state index contributed by atoms with van der Waals surface area (Å²) in [5.74, 6) is -2.05. The van der Waals surface area contributed by atoms with Gasteiger partial charge in [0.15, 0.2) is 0 Å². The number of nitrogens with two attached hydrogens (primary N) is 2. The smallest absolute Gasteiger partial charge is 0.246 e. The number of carbonyl (C=O) groups is 4. The maximum absolute atomic E-state index is 14.4. The number of benzene rings is 2. The fourth-order valence-electron chi connectivity index (χ4n) is 6.58. The Morgan fingerprint density at radius 3 is 2.60 bits per heavy atom. The number of H-pyrrole nitrogens is 1. The number of fused-ring (bicyclic) bond motifs is 3. The molecule has 16 heteroatoms. The molecule has 0 bridgehead atoms. The van der Waals surface area contributed by atoms with Gasteiger partial charge in [-0.05, 0) is 47.4 Å². The van der Waals surface area contributed by atoms with Crippen LogP contribution in [0.2, 0.25) is 5.02 Å². The van der Waals surface area contributed by atoms with Crippen molar-refractivity contribution in [2.75, 3.05) is 44.8 Å². The largest absolute Gasteiger partial charge is 0.378 e. The number of primary amides is 1. The van der Waals surface area contributed by atoms with Gasteiger partial charge in [-0.25, -0.2) is 4.98 Å². The summed E-state index contributed by atoms with van der Waals surface area (Å²) in [4.78, 5) is 66.1. The maximum atomic E-state index is 14.4. The van der Waals surface area contributed by atoms with Gasteiger partial charge in [0, 0.05) is 86.5 Å². The normalized spacial score (nSPS) is 20.7. The standard InChI is InChI=1S/C37H44ClN9O5S/c1-46-31(16-23-20-42-28-7-3-2-6-26(23)28)35(50)44-21-24-15-25(47-11-13-52-14-12-47)17-27(38)33(24)53-36-22(5-4-10-41-36)19-43-29(8-9-32(40)48)34(49)45-30(18-39)37(46)51/h2-7,10,15,17,20,29-31,42-43H,8-9,11-14,16,18-19,21,39H2,1H3,(H2,40,48)(H,44,50)(H,45,49)/t29-,30-,31-/m0/s1. The lowest BCUT2D eigenvalue weighted by Crippen LogP contribution is -2.59. The molecule has 280 valence electrons. The third-order valence-electron chi connectivity index (χ3n) is 9.57. The Labute approximate surface area is 316 Å². The fourth-order valence-corrected chi connectivity index (χ4v) is 7.93. The van der Waals surface area contributed by atoms with E-state index in [-0.39, 0.29) is 38.9 Å². The molecule has 14 nitrogen and oxygen atoms in total. The highest BCUT2D eigenvalue weighted by Crippen LogP contribution is 2.39. The number of nitrogens with one attached hydrogen (secondary N) is 4. The van der Waals surface area contributed by atoms with E-state index in [0.29, 0.717) is 41.2 Å². The zero-order chi connectivity index (χ0) is 37.5. The van der Waals surface area contributed by atoms with Crippen molar-refractivity contribution in [3.63, 3.8) is 0 Å². The van der Waals surface area contributed by atoms with E-state index in [2.05, 4.69) is 30.8 Å². The maximum Gasteiger partial charge on any atom is 0.246 e. The zero-order valence-corrected chi connectivity index (χ0v) is 31.0. The number of hydrogen-bond donors (Lipinski definition) is 6. The molecule has 2 aromatic heterocycles. The molecule has 2 aliphatic rings. The molecule has 4 amide bonds. The number of pyridine rings is 1. The lowest BCUT2D eigenvalue weighted by atomic mass is 10.0. The SMILES string of the molecule is CN1C(=O)[C@H](CN)NC(=O)[C@H](CCC(N)=O)NCc2cccnc2Sc2c(Cl)cc(N3CCOCC3)cc2CNC(=O)[C@@H]1Cc1c[nH]c2ccccc12. The highest BCUT2D eigenvalue weighted by molar-refractivity contribution is 7.99. The number of amides is 4. The molecule has 0 spiro atoms.